The standard InChI is InChI=1S/C13H25N3O/c1-2-4-13(17)16-9-7-15(8-10-16)12-5-3-6-14-11-12/h12,14H,2-11H2,1H3. The van der Waals surface area contributed by atoms with Crippen LogP contribution in [0.5, 0.6) is 0 Å². The van der Waals surface area contributed by atoms with Gasteiger partial charge in [-0.3, -0.25) is 9.69 Å². The number of nitrogens with one attached hydrogen (secondary N) is 1. The van der Waals surface area contributed by atoms with E-state index in [-0.39, 0.29) is 0 Å². The van der Waals surface area contributed by atoms with Gasteiger partial charge in [0.25, 0.3) is 0 Å². The molecule has 0 aromatic heterocycles. The smallest absolute Gasteiger partial charge is 0.222 e. The molecule has 2 aliphatic rings. The lowest BCUT2D eigenvalue weighted by molar-refractivity contribution is -0.133. The van der Waals surface area contributed by atoms with Crippen molar-refractivity contribution < 1.29 is 4.79 Å². The van der Waals surface area contributed by atoms with Gasteiger partial charge >= 0.3 is 0 Å². The average molecular weight is 239 g/mol. The number of hydrogen-bond donors (Lipinski definition) is 1. The molecule has 2 heterocycles. The zero-order valence-electron chi connectivity index (χ0n) is 11.0. The quantitative estimate of drug-likeness (QED) is 0.787. The van der Waals surface area contributed by atoms with Gasteiger partial charge in [-0.25, -0.2) is 0 Å². The van der Waals surface area contributed by atoms with Gasteiger partial charge in [0.15, 0.2) is 0 Å². The molecule has 1 N–H and O–H groups in total. The van der Waals surface area contributed by atoms with Crippen molar-refractivity contribution in [1.29, 1.82) is 0 Å². The van der Waals surface area contributed by atoms with E-state index in [1.54, 1.807) is 0 Å². The highest BCUT2D eigenvalue weighted by atomic mass is 16.2. The molecular formula is C13H25N3O. The van der Waals surface area contributed by atoms with Crippen LogP contribution in [-0.2, 0) is 4.79 Å². The summed E-state index contributed by atoms with van der Waals surface area (Å²) in [6.07, 6.45) is 4.28. The lowest BCUT2D eigenvalue weighted by atomic mass is 10.0. The van der Waals surface area contributed by atoms with E-state index in [9.17, 15) is 4.79 Å². The van der Waals surface area contributed by atoms with Crippen LogP contribution in [0.25, 0.3) is 0 Å². The van der Waals surface area contributed by atoms with E-state index in [2.05, 4.69) is 17.1 Å². The van der Waals surface area contributed by atoms with Gasteiger partial charge in [0.05, 0.1) is 0 Å². The van der Waals surface area contributed by atoms with Crippen molar-refractivity contribution in [1.82, 2.24) is 15.1 Å². The highest BCUT2D eigenvalue weighted by Crippen LogP contribution is 2.13. The van der Waals surface area contributed by atoms with Crippen LogP contribution in [-0.4, -0.2) is 61.0 Å². The Morgan fingerprint density at radius 1 is 1.29 bits per heavy atom. The first-order chi connectivity index (χ1) is 8.31. The molecule has 4 nitrogen and oxygen atoms in total. The summed E-state index contributed by atoms with van der Waals surface area (Å²) in [6, 6.07) is 0.701. The fraction of sp³-hybridized carbons (Fsp3) is 0.923. The van der Waals surface area contributed by atoms with E-state index >= 15 is 0 Å². The van der Waals surface area contributed by atoms with Crippen LogP contribution >= 0.6 is 0 Å². The lowest BCUT2D eigenvalue weighted by Crippen LogP contribution is -2.55. The van der Waals surface area contributed by atoms with E-state index in [0.29, 0.717) is 18.4 Å². The Hall–Kier alpha value is -0.610. The van der Waals surface area contributed by atoms with Crippen LogP contribution in [0.15, 0.2) is 0 Å². The van der Waals surface area contributed by atoms with Gasteiger partial charge in [-0.2, -0.15) is 0 Å². The maximum Gasteiger partial charge on any atom is 0.222 e. The van der Waals surface area contributed by atoms with Crippen LogP contribution < -0.4 is 5.32 Å². The molecule has 0 radical (unpaired) electrons. The van der Waals surface area contributed by atoms with Gasteiger partial charge in [-0.1, -0.05) is 6.92 Å². The zero-order valence-corrected chi connectivity index (χ0v) is 11.0. The molecule has 98 valence electrons. The average Bonchev–Trinajstić information content (AvgIpc) is 2.40. The van der Waals surface area contributed by atoms with Gasteiger partial charge in [0.1, 0.15) is 0 Å². The number of hydrogen-bond acceptors (Lipinski definition) is 3. The van der Waals surface area contributed by atoms with E-state index in [1.165, 1.54) is 19.4 Å². The normalized spacial score (nSPS) is 27.1. The molecule has 0 aliphatic carbocycles. The Morgan fingerprint density at radius 3 is 2.65 bits per heavy atom. The monoisotopic (exact) mass is 239 g/mol. The molecular weight excluding hydrogens is 214 g/mol. The van der Waals surface area contributed by atoms with Crippen LogP contribution in [0, 0.1) is 0 Å². The van der Waals surface area contributed by atoms with Gasteiger partial charge in [0.2, 0.25) is 5.91 Å². The maximum atomic E-state index is 11.8. The minimum atomic E-state index is 0.342. The predicted molar refractivity (Wildman–Crippen MR) is 69.0 cm³/mol. The Balaban J connectivity index is 1.75. The molecule has 0 bridgehead atoms. The third kappa shape index (κ3) is 3.42. The Bertz CT molecular complexity index is 243. The summed E-state index contributed by atoms with van der Waals surface area (Å²) < 4.78 is 0. The molecule has 1 unspecified atom stereocenters. The molecule has 0 aromatic carbocycles. The number of carbonyl (C=O) groups is 1. The van der Waals surface area contributed by atoms with Crippen molar-refractivity contribution in [3.63, 3.8) is 0 Å². The minimum absolute atomic E-state index is 0.342. The number of carbonyl (C=O) groups excluding carboxylic acids is 1. The summed E-state index contributed by atoms with van der Waals surface area (Å²) in [6.45, 7) is 8.34. The number of piperazine rings is 1. The topological polar surface area (TPSA) is 35.6 Å². The van der Waals surface area contributed by atoms with E-state index < -0.39 is 0 Å². The second-order valence-corrected chi connectivity index (χ2v) is 5.17. The number of nitrogens with zero attached hydrogens (tertiary/aromatic N) is 2. The van der Waals surface area contributed by atoms with Gasteiger partial charge in [0, 0.05) is 45.2 Å². The molecule has 0 spiro atoms. The van der Waals surface area contributed by atoms with E-state index in [0.717, 1.165) is 39.1 Å². The third-order valence-corrected chi connectivity index (χ3v) is 3.92. The van der Waals surface area contributed by atoms with Crippen molar-refractivity contribution in [2.24, 2.45) is 0 Å². The first-order valence-electron chi connectivity index (χ1n) is 7.04. The molecule has 1 atom stereocenters. The molecule has 0 aromatic rings. The molecule has 17 heavy (non-hydrogen) atoms. The van der Waals surface area contributed by atoms with Gasteiger partial charge in [-0.15, -0.1) is 0 Å². The fourth-order valence-corrected chi connectivity index (χ4v) is 2.85. The Kier molecular flexibility index (Phi) is 4.80. The fourth-order valence-electron chi connectivity index (χ4n) is 2.85. The number of piperidine rings is 1. The van der Waals surface area contributed by atoms with Gasteiger partial charge < -0.3 is 10.2 Å². The summed E-state index contributed by atoms with van der Waals surface area (Å²) in [5.41, 5.74) is 0. The van der Waals surface area contributed by atoms with Crippen molar-refractivity contribution in [3.05, 3.63) is 0 Å². The molecule has 0 saturated carbocycles. The molecule has 2 aliphatic heterocycles. The highest BCUT2D eigenvalue weighted by molar-refractivity contribution is 5.76. The van der Waals surface area contributed by atoms with Crippen LogP contribution in [0.1, 0.15) is 32.6 Å². The molecule has 4 heteroatoms. The van der Waals surface area contributed by atoms with Crippen LogP contribution in [0.3, 0.4) is 0 Å². The maximum absolute atomic E-state index is 11.8. The first-order valence-corrected chi connectivity index (χ1v) is 7.04. The largest absolute Gasteiger partial charge is 0.340 e. The van der Waals surface area contributed by atoms with Gasteiger partial charge in [-0.05, 0) is 25.8 Å². The molecule has 2 fully saturated rings. The van der Waals surface area contributed by atoms with E-state index in [1.807, 2.05) is 4.90 Å². The summed E-state index contributed by atoms with van der Waals surface area (Å²) in [5.74, 6) is 0.342. The first kappa shape index (κ1) is 12.8. The number of amides is 1. The highest BCUT2D eigenvalue weighted by Gasteiger charge is 2.26. The SMILES string of the molecule is CCCC(=O)N1CCN(C2CCCNC2)CC1. The van der Waals surface area contributed by atoms with Crippen LogP contribution in [0.2, 0.25) is 0 Å². The summed E-state index contributed by atoms with van der Waals surface area (Å²) in [5, 5.41) is 3.46. The predicted octanol–water partition coefficient (Wildman–Crippen LogP) is 0.683. The Morgan fingerprint density at radius 2 is 2.06 bits per heavy atom. The molecule has 2 saturated heterocycles. The summed E-state index contributed by atoms with van der Waals surface area (Å²) >= 11 is 0. The van der Waals surface area contributed by atoms with Crippen molar-refractivity contribution in [3.8, 4) is 0 Å². The van der Waals surface area contributed by atoms with Crippen LogP contribution in [0.4, 0.5) is 0 Å². The molecule has 2 rings (SSSR count). The lowest BCUT2D eigenvalue weighted by Gasteiger charge is -2.40. The third-order valence-electron chi connectivity index (χ3n) is 3.92. The zero-order chi connectivity index (χ0) is 12.1. The van der Waals surface area contributed by atoms with E-state index in [4.69, 9.17) is 0 Å². The second kappa shape index (κ2) is 6.36. The Labute approximate surface area is 104 Å². The van der Waals surface area contributed by atoms with Crippen molar-refractivity contribution >= 4 is 5.91 Å². The second-order valence-electron chi connectivity index (χ2n) is 5.17. The van der Waals surface area contributed by atoms with Crippen molar-refractivity contribution in [2.45, 2.75) is 38.6 Å². The molecule has 1 amide bonds. The summed E-state index contributed by atoms with van der Waals surface area (Å²) in [7, 11) is 0. The number of rotatable bonds is 3. The summed E-state index contributed by atoms with van der Waals surface area (Å²) in [4.78, 5) is 16.4. The van der Waals surface area contributed by atoms with Crippen molar-refractivity contribution in [2.75, 3.05) is 39.3 Å². The minimum Gasteiger partial charge on any atom is -0.340 e.